The molecule has 0 N–H and O–H groups in total. The second-order valence-electron chi connectivity index (χ2n) is 5.24. The van der Waals surface area contributed by atoms with E-state index in [9.17, 15) is 13.2 Å². The van der Waals surface area contributed by atoms with Crippen molar-refractivity contribution in [2.45, 2.75) is 39.3 Å². The first-order valence-electron chi connectivity index (χ1n) is 5.23. The van der Waals surface area contributed by atoms with Gasteiger partial charge in [0.15, 0.2) is 0 Å². The van der Waals surface area contributed by atoms with Crippen LogP contribution in [0.3, 0.4) is 0 Å². The number of rotatable bonds is 1. The fourth-order valence-corrected chi connectivity index (χ4v) is 1.79. The first-order valence-corrected chi connectivity index (χ1v) is 5.23. The maximum atomic E-state index is 13.3. The lowest BCUT2D eigenvalue weighted by molar-refractivity contribution is -0.213. The standard InChI is InChI=1S/C13H17F3/c1-11(2,3)12(4,13(14,15)16)10-8-6-5-7-9-10/h5-9H,1-4H3/t12-/m0/s1. The zero-order chi connectivity index (χ0) is 12.6. The van der Waals surface area contributed by atoms with E-state index in [1.54, 1.807) is 51.1 Å². The summed E-state index contributed by atoms with van der Waals surface area (Å²) in [5.74, 6) is 0. The van der Waals surface area contributed by atoms with Gasteiger partial charge in [0, 0.05) is 0 Å². The van der Waals surface area contributed by atoms with Crippen LogP contribution in [0, 0.1) is 5.41 Å². The zero-order valence-corrected chi connectivity index (χ0v) is 10.0. The van der Waals surface area contributed by atoms with Crippen LogP contribution in [-0.4, -0.2) is 6.18 Å². The summed E-state index contributed by atoms with van der Waals surface area (Å²) < 4.78 is 39.9. The normalized spacial score (nSPS) is 16.9. The average molecular weight is 230 g/mol. The molecule has 0 aliphatic rings. The Kier molecular flexibility index (Phi) is 3.10. The summed E-state index contributed by atoms with van der Waals surface area (Å²) >= 11 is 0. The van der Waals surface area contributed by atoms with Crippen molar-refractivity contribution in [2.75, 3.05) is 0 Å². The largest absolute Gasteiger partial charge is 0.398 e. The average Bonchev–Trinajstić information content (AvgIpc) is 2.14. The van der Waals surface area contributed by atoms with Gasteiger partial charge in [-0.2, -0.15) is 13.2 Å². The Labute approximate surface area is 94.5 Å². The molecule has 0 amide bonds. The van der Waals surface area contributed by atoms with Crippen molar-refractivity contribution in [2.24, 2.45) is 5.41 Å². The van der Waals surface area contributed by atoms with Crippen LogP contribution in [0.25, 0.3) is 0 Å². The molecule has 0 heterocycles. The number of alkyl halides is 3. The van der Waals surface area contributed by atoms with Gasteiger partial charge in [0.25, 0.3) is 0 Å². The lowest BCUT2D eigenvalue weighted by atomic mass is 9.63. The van der Waals surface area contributed by atoms with Crippen LogP contribution in [0.5, 0.6) is 0 Å². The van der Waals surface area contributed by atoms with Gasteiger partial charge in [-0.3, -0.25) is 0 Å². The maximum absolute atomic E-state index is 13.3. The van der Waals surface area contributed by atoms with Crippen molar-refractivity contribution < 1.29 is 13.2 Å². The Morgan fingerprint density at radius 3 is 1.56 bits per heavy atom. The van der Waals surface area contributed by atoms with Crippen LogP contribution in [0.1, 0.15) is 33.3 Å². The maximum Gasteiger partial charge on any atom is 0.398 e. The molecule has 3 heteroatoms. The molecule has 1 rings (SSSR count). The highest BCUT2D eigenvalue weighted by Crippen LogP contribution is 2.52. The van der Waals surface area contributed by atoms with Gasteiger partial charge in [0.2, 0.25) is 0 Å². The predicted molar refractivity (Wildman–Crippen MR) is 59.3 cm³/mol. The minimum atomic E-state index is -4.26. The van der Waals surface area contributed by atoms with E-state index in [1.165, 1.54) is 6.92 Å². The van der Waals surface area contributed by atoms with Crippen LogP contribution in [0.2, 0.25) is 0 Å². The highest BCUT2D eigenvalue weighted by molar-refractivity contribution is 5.29. The minimum absolute atomic E-state index is 0.315. The second-order valence-corrected chi connectivity index (χ2v) is 5.24. The second kappa shape index (κ2) is 3.79. The van der Waals surface area contributed by atoms with Crippen molar-refractivity contribution in [3.63, 3.8) is 0 Å². The molecule has 0 fully saturated rings. The number of halogens is 3. The SMILES string of the molecule is CC(C)(C)[C@](C)(c1ccccc1)C(F)(F)F. The van der Waals surface area contributed by atoms with E-state index in [0.717, 1.165) is 0 Å². The first-order chi connectivity index (χ1) is 7.11. The van der Waals surface area contributed by atoms with Crippen LogP contribution in [0.4, 0.5) is 13.2 Å². The Morgan fingerprint density at radius 2 is 1.25 bits per heavy atom. The molecular formula is C13H17F3. The molecule has 0 aromatic heterocycles. The van der Waals surface area contributed by atoms with Crippen LogP contribution < -0.4 is 0 Å². The van der Waals surface area contributed by atoms with Crippen molar-refractivity contribution in [1.82, 2.24) is 0 Å². The van der Waals surface area contributed by atoms with Gasteiger partial charge in [-0.1, -0.05) is 51.1 Å². The first kappa shape index (κ1) is 13.1. The quantitative estimate of drug-likeness (QED) is 0.663. The fourth-order valence-electron chi connectivity index (χ4n) is 1.79. The molecular weight excluding hydrogens is 213 g/mol. The molecule has 0 unspecified atom stereocenters. The van der Waals surface area contributed by atoms with Crippen molar-refractivity contribution >= 4 is 0 Å². The minimum Gasteiger partial charge on any atom is -0.170 e. The van der Waals surface area contributed by atoms with Gasteiger partial charge < -0.3 is 0 Å². The molecule has 1 atom stereocenters. The Hall–Kier alpha value is -0.990. The molecule has 0 aliphatic heterocycles. The summed E-state index contributed by atoms with van der Waals surface area (Å²) in [4.78, 5) is 0. The van der Waals surface area contributed by atoms with Crippen LogP contribution >= 0.6 is 0 Å². The fraction of sp³-hybridized carbons (Fsp3) is 0.538. The molecule has 0 nitrogen and oxygen atoms in total. The topological polar surface area (TPSA) is 0 Å². The number of hydrogen-bond acceptors (Lipinski definition) is 0. The lowest BCUT2D eigenvalue weighted by Gasteiger charge is -2.43. The Balaban J connectivity index is 3.39. The number of hydrogen-bond donors (Lipinski definition) is 0. The van der Waals surface area contributed by atoms with Crippen molar-refractivity contribution in [3.05, 3.63) is 35.9 Å². The van der Waals surface area contributed by atoms with E-state index in [1.807, 2.05) is 0 Å². The molecule has 1 aromatic rings. The molecule has 0 spiro atoms. The summed E-state index contributed by atoms with van der Waals surface area (Å²) in [6.45, 7) is 6.12. The monoisotopic (exact) mass is 230 g/mol. The van der Waals surface area contributed by atoms with E-state index < -0.39 is 17.0 Å². The van der Waals surface area contributed by atoms with Gasteiger partial charge in [-0.15, -0.1) is 0 Å². The highest BCUT2D eigenvalue weighted by Gasteiger charge is 2.58. The van der Waals surface area contributed by atoms with E-state index in [0.29, 0.717) is 5.56 Å². The third kappa shape index (κ3) is 1.95. The molecule has 16 heavy (non-hydrogen) atoms. The Bertz CT molecular complexity index is 330. The molecule has 0 saturated carbocycles. The predicted octanol–water partition coefficient (Wildman–Crippen LogP) is 4.55. The lowest BCUT2D eigenvalue weighted by Crippen LogP contribution is -2.49. The zero-order valence-electron chi connectivity index (χ0n) is 10.0. The summed E-state index contributed by atoms with van der Waals surface area (Å²) in [6.07, 6.45) is -4.26. The van der Waals surface area contributed by atoms with Crippen LogP contribution in [0.15, 0.2) is 30.3 Å². The molecule has 1 aromatic carbocycles. The molecule has 0 radical (unpaired) electrons. The van der Waals surface area contributed by atoms with E-state index >= 15 is 0 Å². The third-order valence-electron chi connectivity index (χ3n) is 3.42. The third-order valence-corrected chi connectivity index (χ3v) is 3.42. The van der Waals surface area contributed by atoms with Crippen molar-refractivity contribution in [3.8, 4) is 0 Å². The van der Waals surface area contributed by atoms with Crippen molar-refractivity contribution in [1.29, 1.82) is 0 Å². The summed E-state index contributed by atoms with van der Waals surface area (Å²) in [7, 11) is 0. The molecule has 90 valence electrons. The van der Waals surface area contributed by atoms with E-state index in [2.05, 4.69) is 0 Å². The molecule has 0 saturated heterocycles. The Morgan fingerprint density at radius 1 is 0.812 bits per heavy atom. The molecule has 0 bridgehead atoms. The summed E-state index contributed by atoms with van der Waals surface area (Å²) in [6, 6.07) is 8.09. The van der Waals surface area contributed by atoms with Gasteiger partial charge >= 0.3 is 6.18 Å². The van der Waals surface area contributed by atoms with E-state index in [-0.39, 0.29) is 0 Å². The van der Waals surface area contributed by atoms with Crippen LogP contribution in [-0.2, 0) is 5.41 Å². The molecule has 0 aliphatic carbocycles. The smallest absolute Gasteiger partial charge is 0.170 e. The van der Waals surface area contributed by atoms with Gasteiger partial charge in [0.1, 0.15) is 0 Å². The van der Waals surface area contributed by atoms with Gasteiger partial charge in [-0.25, -0.2) is 0 Å². The number of benzene rings is 1. The highest BCUT2D eigenvalue weighted by atomic mass is 19.4. The summed E-state index contributed by atoms with van der Waals surface area (Å²) in [5, 5.41) is 0. The van der Waals surface area contributed by atoms with Gasteiger partial charge in [-0.05, 0) is 17.9 Å². The van der Waals surface area contributed by atoms with Gasteiger partial charge in [0.05, 0.1) is 5.41 Å². The van der Waals surface area contributed by atoms with E-state index in [4.69, 9.17) is 0 Å². The summed E-state index contributed by atoms with van der Waals surface area (Å²) in [5.41, 5.74) is -2.40.